The molecular formula is C16H24IN3O2. The summed E-state index contributed by atoms with van der Waals surface area (Å²) in [4.78, 5) is 4.21. The minimum atomic E-state index is 0. The van der Waals surface area contributed by atoms with Crippen LogP contribution < -0.4 is 20.1 Å². The van der Waals surface area contributed by atoms with Crippen molar-refractivity contribution in [3.05, 3.63) is 36.4 Å². The maximum absolute atomic E-state index is 5.66. The Kier molecular flexibility index (Phi) is 8.72. The lowest BCUT2D eigenvalue weighted by atomic mass is 10.2. The molecule has 0 amide bonds. The van der Waals surface area contributed by atoms with Crippen LogP contribution in [0.5, 0.6) is 11.5 Å². The molecule has 0 aliphatic heterocycles. The average Bonchev–Trinajstić information content (AvgIpc) is 3.04. The quantitative estimate of drug-likeness (QED) is 0.246. The monoisotopic (exact) mass is 417 g/mol. The number of methoxy groups -OCH3 is 1. The lowest BCUT2D eigenvalue weighted by Crippen LogP contribution is -2.43. The van der Waals surface area contributed by atoms with Crippen LogP contribution in [-0.4, -0.2) is 39.3 Å². The third-order valence-corrected chi connectivity index (χ3v) is 3.29. The summed E-state index contributed by atoms with van der Waals surface area (Å²) in [7, 11) is 3.43. The van der Waals surface area contributed by atoms with Crippen molar-refractivity contribution in [2.75, 3.05) is 27.3 Å². The standard InChI is InChI=1S/C16H23N3O2.HI/c1-17-16(19-13-5-3-4-6-13)18-11-12-21-15-9-7-14(20-2)8-10-15;/h3-4,7-10,13H,5-6,11-12H2,1-2H3,(H2,17,18,19);1H. The van der Waals surface area contributed by atoms with Gasteiger partial charge in [0, 0.05) is 13.1 Å². The predicted molar refractivity (Wildman–Crippen MR) is 101 cm³/mol. The molecule has 0 radical (unpaired) electrons. The van der Waals surface area contributed by atoms with Crippen LogP contribution in [-0.2, 0) is 0 Å². The number of nitrogens with one attached hydrogen (secondary N) is 2. The van der Waals surface area contributed by atoms with Crippen LogP contribution in [0.2, 0.25) is 0 Å². The van der Waals surface area contributed by atoms with E-state index in [0.29, 0.717) is 19.2 Å². The highest BCUT2D eigenvalue weighted by atomic mass is 127. The highest BCUT2D eigenvalue weighted by Gasteiger charge is 2.11. The molecule has 1 aliphatic carbocycles. The Morgan fingerprint density at radius 2 is 1.82 bits per heavy atom. The van der Waals surface area contributed by atoms with Crippen LogP contribution in [0.15, 0.2) is 41.4 Å². The molecule has 1 aliphatic rings. The molecule has 0 spiro atoms. The van der Waals surface area contributed by atoms with E-state index in [-0.39, 0.29) is 24.0 Å². The smallest absolute Gasteiger partial charge is 0.191 e. The van der Waals surface area contributed by atoms with Gasteiger partial charge in [0.2, 0.25) is 0 Å². The number of rotatable bonds is 6. The van der Waals surface area contributed by atoms with Gasteiger partial charge in [-0.1, -0.05) is 12.2 Å². The van der Waals surface area contributed by atoms with Gasteiger partial charge in [-0.3, -0.25) is 4.99 Å². The molecule has 0 aromatic heterocycles. The fourth-order valence-corrected chi connectivity index (χ4v) is 2.13. The largest absolute Gasteiger partial charge is 0.497 e. The van der Waals surface area contributed by atoms with E-state index in [9.17, 15) is 0 Å². The summed E-state index contributed by atoms with van der Waals surface area (Å²) in [6.07, 6.45) is 6.50. The van der Waals surface area contributed by atoms with Crippen molar-refractivity contribution >= 4 is 29.9 Å². The fourth-order valence-electron chi connectivity index (χ4n) is 2.13. The highest BCUT2D eigenvalue weighted by Crippen LogP contribution is 2.16. The number of hydrogen-bond donors (Lipinski definition) is 2. The SMILES string of the molecule is CN=C(NCCOc1ccc(OC)cc1)NC1CC=CC1.I. The van der Waals surface area contributed by atoms with E-state index in [1.165, 1.54) is 0 Å². The zero-order valence-corrected chi connectivity index (χ0v) is 15.4. The van der Waals surface area contributed by atoms with Gasteiger partial charge >= 0.3 is 0 Å². The number of aliphatic imine (C=N–C) groups is 1. The van der Waals surface area contributed by atoms with Crippen molar-refractivity contribution in [1.29, 1.82) is 0 Å². The second kappa shape index (κ2) is 10.3. The third kappa shape index (κ3) is 6.13. The average molecular weight is 417 g/mol. The van der Waals surface area contributed by atoms with Crippen molar-refractivity contribution < 1.29 is 9.47 Å². The number of benzene rings is 1. The van der Waals surface area contributed by atoms with Crippen LogP contribution in [0.4, 0.5) is 0 Å². The zero-order chi connectivity index (χ0) is 14.9. The first kappa shape index (κ1) is 18.6. The molecular weight excluding hydrogens is 393 g/mol. The van der Waals surface area contributed by atoms with Gasteiger partial charge in [0.15, 0.2) is 5.96 Å². The summed E-state index contributed by atoms with van der Waals surface area (Å²) in [5.74, 6) is 2.48. The van der Waals surface area contributed by atoms with E-state index in [4.69, 9.17) is 9.47 Å². The molecule has 122 valence electrons. The summed E-state index contributed by atoms with van der Waals surface area (Å²) in [6.45, 7) is 1.28. The summed E-state index contributed by atoms with van der Waals surface area (Å²) in [6, 6.07) is 8.03. The molecule has 2 rings (SSSR count). The Bertz CT molecular complexity index is 481. The van der Waals surface area contributed by atoms with Crippen molar-refractivity contribution in [3.8, 4) is 11.5 Å². The van der Waals surface area contributed by atoms with E-state index in [0.717, 1.165) is 30.3 Å². The fraction of sp³-hybridized carbons (Fsp3) is 0.438. The number of ether oxygens (including phenoxy) is 2. The molecule has 0 bridgehead atoms. The molecule has 0 saturated carbocycles. The van der Waals surface area contributed by atoms with Gasteiger partial charge in [0.05, 0.1) is 13.7 Å². The van der Waals surface area contributed by atoms with Crippen LogP contribution in [0.1, 0.15) is 12.8 Å². The van der Waals surface area contributed by atoms with Crippen molar-refractivity contribution in [2.24, 2.45) is 4.99 Å². The molecule has 0 saturated heterocycles. The Morgan fingerprint density at radius 3 is 2.41 bits per heavy atom. The zero-order valence-electron chi connectivity index (χ0n) is 13.0. The van der Waals surface area contributed by atoms with Crippen LogP contribution >= 0.6 is 24.0 Å². The van der Waals surface area contributed by atoms with Gasteiger partial charge in [-0.15, -0.1) is 24.0 Å². The van der Waals surface area contributed by atoms with Gasteiger partial charge in [-0.2, -0.15) is 0 Å². The first-order valence-corrected chi connectivity index (χ1v) is 7.21. The van der Waals surface area contributed by atoms with Gasteiger partial charge in [0.25, 0.3) is 0 Å². The first-order valence-electron chi connectivity index (χ1n) is 7.21. The molecule has 0 unspecified atom stereocenters. The molecule has 1 aromatic rings. The van der Waals surface area contributed by atoms with E-state index in [1.807, 2.05) is 24.3 Å². The molecule has 6 heteroatoms. The summed E-state index contributed by atoms with van der Waals surface area (Å²) in [5.41, 5.74) is 0. The maximum atomic E-state index is 5.66. The lowest BCUT2D eigenvalue weighted by Gasteiger charge is -2.17. The Hall–Kier alpha value is -1.44. The molecule has 5 nitrogen and oxygen atoms in total. The normalized spacial score (nSPS) is 14.4. The Labute approximate surface area is 149 Å². The Balaban J connectivity index is 0.00000242. The molecule has 0 heterocycles. The van der Waals surface area contributed by atoms with Crippen LogP contribution in [0, 0.1) is 0 Å². The highest BCUT2D eigenvalue weighted by molar-refractivity contribution is 14.0. The third-order valence-electron chi connectivity index (χ3n) is 3.29. The minimum Gasteiger partial charge on any atom is -0.497 e. The maximum Gasteiger partial charge on any atom is 0.191 e. The molecule has 0 atom stereocenters. The van der Waals surface area contributed by atoms with E-state index >= 15 is 0 Å². The van der Waals surface area contributed by atoms with Gasteiger partial charge < -0.3 is 20.1 Å². The Morgan fingerprint density at radius 1 is 1.18 bits per heavy atom. The second-order valence-corrected chi connectivity index (χ2v) is 4.81. The van der Waals surface area contributed by atoms with E-state index in [2.05, 4.69) is 27.8 Å². The van der Waals surface area contributed by atoms with Crippen molar-refractivity contribution in [1.82, 2.24) is 10.6 Å². The topological polar surface area (TPSA) is 54.9 Å². The molecule has 2 N–H and O–H groups in total. The van der Waals surface area contributed by atoms with Crippen molar-refractivity contribution in [3.63, 3.8) is 0 Å². The number of nitrogens with zero attached hydrogens (tertiary/aromatic N) is 1. The molecule has 1 aromatic carbocycles. The minimum absolute atomic E-state index is 0. The van der Waals surface area contributed by atoms with E-state index in [1.54, 1.807) is 14.2 Å². The lowest BCUT2D eigenvalue weighted by molar-refractivity contribution is 0.321. The van der Waals surface area contributed by atoms with Crippen LogP contribution in [0.3, 0.4) is 0 Å². The molecule has 0 fully saturated rings. The van der Waals surface area contributed by atoms with Crippen LogP contribution in [0.25, 0.3) is 0 Å². The summed E-state index contributed by atoms with van der Waals surface area (Å²) < 4.78 is 10.8. The molecule has 22 heavy (non-hydrogen) atoms. The van der Waals surface area contributed by atoms with Crippen molar-refractivity contribution in [2.45, 2.75) is 18.9 Å². The predicted octanol–water partition coefficient (Wildman–Crippen LogP) is 2.58. The second-order valence-electron chi connectivity index (χ2n) is 4.81. The van der Waals surface area contributed by atoms with Gasteiger partial charge in [-0.05, 0) is 37.1 Å². The number of guanidine groups is 1. The van der Waals surface area contributed by atoms with Gasteiger partial charge in [0.1, 0.15) is 18.1 Å². The van der Waals surface area contributed by atoms with E-state index < -0.39 is 0 Å². The van der Waals surface area contributed by atoms with Gasteiger partial charge in [-0.25, -0.2) is 0 Å². The number of hydrogen-bond acceptors (Lipinski definition) is 3. The number of halogens is 1. The summed E-state index contributed by atoms with van der Waals surface area (Å²) in [5, 5.41) is 6.63. The first-order chi connectivity index (χ1) is 10.3. The summed E-state index contributed by atoms with van der Waals surface area (Å²) >= 11 is 0.